The first-order valence-corrected chi connectivity index (χ1v) is 7.54. The van der Waals surface area contributed by atoms with Gasteiger partial charge in [-0.25, -0.2) is 4.98 Å². The Kier molecular flexibility index (Phi) is 3.45. The lowest BCUT2D eigenvalue weighted by Gasteiger charge is -2.33. The molecule has 1 aliphatic heterocycles. The van der Waals surface area contributed by atoms with Crippen LogP contribution in [-0.2, 0) is 6.54 Å². The molecule has 1 saturated carbocycles. The van der Waals surface area contributed by atoms with Crippen LogP contribution in [0.25, 0.3) is 0 Å². The zero-order chi connectivity index (χ0) is 11.7. The Morgan fingerprint density at radius 1 is 1.35 bits per heavy atom. The number of hydrogen-bond donors (Lipinski definition) is 1. The van der Waals surface area contributed by atoms with Gasteiger partial charge in [-0.3, -0.25) is 4.90 Å². The molecule has 1 N–H and O–H groups in total. The van der Waals surface area contributed by atoms with Gasteiger partial charge in [0.15, 0.2) is 0 Å². The van der Waals surface area contributed by atoms with Gasteiger partial charge in [-0.2, -0.15) is 0 Å². The highest BCUT2D eigenvalue weighted by atomic mass is 32.1. The summed E-state index contributed by atoms with van der Waals surface area (Å²) < 4.78 is 0. The molecule has 2 fully saturated rings. The summed E-state index contributed by atoms with van der Waals surface area (Å²) in [5.41, 5.74) is 1.21. The molecule has 1 aromatic rings. The highest BCUT2D eigenvalue weighted by molar-refractivity contribution is 7.09. The topological polar surface area (TPSA) is 36.4 Å². The molecule has 1 aromatic heterocycles. The van der Waals surface area contributed by atoms with Crippen LogP contribution in [0.2, 0.25) is 0 Å². The molecule has 0 amide bonds. The van der Waals surface area contributed by atoms with Gasteiger partial charge in [-0.1, -0.05) is 6.42 Å². The third-order valence-corrected chi connectivity index (χ3v) is 4.88. The van der Waals surface area contributed by atoms with Crippen molar-refractivity contribution in [2.24, 2.45) is 0 Å². The first kappa shape index (κ1) is 11.6. The Balaban J connectivity index is 1.63. The standard InChI is InChI=1S/C13H20N2OS/c16-8-12-3-1-2-6-15(12)7-11-9-17-13(14-11)10-4-5-10/h9-10,12,16H,1-8H2/t12-/m1/s1. The largest absolute Gasteiger partial charge is 0.395 e. The van der Waals surface area contributed by atoms with Crippen LogP contribution >= 0.6 is 11.3 Å². The fraction of sp³-hybridized carbons (Fsp3) is 0.769. The number of aliphatic hydroxyl groups excluding tert-OH is 1. The van der Waals surface area contributed by atoms with Crippen LogP contribution in [0.1, 0.15) is 48.7 Å². The lowest BCUT2D eigenvalue weighted by molar-refractivity contribution is 0.0832. The zero-order valence-corrected chi connectivity index (χ0v) is 11.0. The zero-order valence-electron chi connectivity index (χ0n) is 10.1. The van der Waals surface area contributed by atoms with Gasteiger partial charge in [0.25, 0.3) is 0 Å². The molecule has 1 atom stereocenters. The van der Waals surface area contributed by atoms with Crippen LogP contribution in [0.5, 0.6) is 0 Å². The van der Waals surface area contributed by atoms with E-state index in [2.05, 4.69) is 10.3 Å². The van der Waals surface area contributed by atoms with Gasteiger partial charge in [0.1, 0.15) is 0 Å². The molecule has 94 valence electrons. The molecule has 0 spiro atoms. The van der Waals surface area contributed by atoms with Crippen LogP contribution in [0.4, 0.5) is 0 Å². The fourth-order valence-electron chi connectivity index (χ4n) is 2.60. The molecular weight excluding hydrogens is 232 g/mol. The van der Waals surface area contributed by atoms with E-state index in [1.165, 1.54) is 36.4 Å². The van der Waals surface area contributed by atoms with Crippen molar-refractivity contribution < 1.29 is 5.11 Å². The highest BCUT2D eigenvalue weighted by Crippen LogP contribution is 2.41. The quantitative estimate of drug-likeness (QED) is 0.893. The second kappa shape index (κ2) is 5.04. The van der Waals surface area contributed by atoms with E-state index in [0.29, 0.717) is 12.6 Å². The molecule has 1 saturated heterocycles. The van der Waals surface area contributed by atoms with Crippen LogP contribution in [-0.4, -0.2) is 34.2 Å². The number of aromatic nitrogens is 1. The van der Waals surface area contributed by atoms with E-state index < -0.39 is 0 Å². The van der Waals surface area contributed by atoms with Crippen molar-refractivity contribution in [2.45, 2.75) is 50.6 Å². The van der Waals surface area contributed by atoms with E-state index in [1.54, 1.807) is 0 Å². The van der Waals surface area contributed by atoms with E-state index in [9.17, 15) is 5.11 Å². The van der Waals surface area contributed by atoms with Gasteiger partial charge in [-0.05, 0) is 32.2 Å². The average Bonchev–Trinajstić information content (AvgIpc) is 3.11. The van der Waals surface area contributed by atoms with E-state index in [4.69, 9.17) is 4.98 Å². The molecular formula is C13H20N2OS. The predicted molar refractivity (Wildman–Crippen MR) is 69.2 cm³/mol. The van der Waals surface area contributed by atoms with Crippen molar-refractivity contribution in [3.8, 4) is 0 Å². The molecule has 2 heterocycles. The Labute approximate surface area is 106 Å². The van der Waals surface area contributed by atoms with Gasteiger partial charge in [0.2, 0.25) is 0 Å². The summed E-state index contributed by atoms with van der Waals surface area (Å²) in [5.74, 6) is 0.767. The minimum atomic E-state index is 0.291. The van der Waals surface area contributed by atoms with Gasteiger partial charge < -0.3 is 5.11 Å². The summed E-state index contributed by atoms with van der Waals surface area (Å²) in [6.45, 7) is 2.33. The monoisotopic (exact) mass is 252 g/mol. The van der Waals surface area contributed by atoms with E-state index in [0.717, 1.165) is 25.4 Å². The minimum absolute atomic E-state index is 0.291. The third-order valence-electron chi connectivity index (χ3n) is 3.82. The van der Waals surface area contributed by atoms with E-state index in [-0.39, 0.29) is 0 Å². The molecule has 4 heteroatoms. The smallest absolute Gasteiger partial charge is 0.0959 e. The van der Waals surface area contributed by atoms with Crippen molar-refractivity contribution in [1.82, 2.24) is 9.88 Å². The second-order valence-corrected chi connectivity index (χ2v) is 6.14. The molecule has 17 heavy (non-hydrogen) atoms. The maximum atomic E-state index is 9.38. The second-order valence-electron chi connectivity index (χ2n) is 5.25. The van der Waals surface area contributed by atoms with Crippen molar-refractivity contribution >= 4 is 11.3 Å². The van der Waals surface area contributed by atoms with Crippen molar-refractivity contribution in [3.05, 3.63) is 16.1 Å². The Bertz CT molecular complexity index is 375. The summed E-state index contributed by atoms with van der Waals surface area (Å²) >= 11 is 1.82. The molecule has 3 nitrogen and oxygen atoms in total. The SMILES string of the molecule is OC[C@H]1CCCCN1Cc1csc(C2CC2)n1. The highest BCUT2D eigenvalue weighted by Gasteiger charge is 2.27. The number of rotatable bonds is 4. The number of piperidine rings is 1. The lowest BCUT2D eigenvalue weighted by atomic mass is 10.0. The van der Waals surface area contributed by atoms with Crippen LogP contribution < -0.4 is 0 Å². The molecule has 0 aromatic carbocycles. The minimum Gasteiger partial charge on any atom is -0.395 e. The average molecular weight is 252 g/mol. The van der Waals surface area contributed by atoms with Gasteiger partial charge in [0.05, 0.1) is 17.3 Å². The van der Waals surface area contributed by atoms with Crippen molar-refractivity contribution in [2.75, 3.05) is 13.2 Å². The number of hydrogen-bond acceptors (Lipinski definition) is 4. The molecule has 3 rings (SSSR count). The first-order valence-electron chi connectivity index (χ1n) is 6.66. The number of aliphatic hydroxyl groups is 1. The Morgan fingerprint density at radius 2 is 2.24 bits per heavy atom. The molecule has 2 aliphatic rings. The Hall–Kier alpha value is -0.450. The normalized spacial score (nSPS) is 26.3. The predicted octanol–water partition coefficient (Wildman–Crippen LogP) is 2.37. The summed E-state index contributed by atoms with van der Waals surface area (Å²) in [4.78, 5) is 7.13. The molecule has 0 radical (unpaired) electrons. The van der Waals surface area contributed by atoms with Crippen molar-refractivity contribution in [1.29, 1.82) is 0 Å². The van der Waals surface area contributed by atoms with Crippen molar-refractivity contribution in [3.63, 3.8) is 0 Å². The van der Waals surface area contributed by atoms with Crippen LogP contribution in [0.15, 0.2) is 5.38 Å². The summed E-state index contributed by atoms with van der Waals surface area (Å²) in [5, 5.41) is 12.9. The van der Waals surface area contributed by atoms with Gasteiger partial charge >= 0.3 is 0 Å². The van der Waals surface area contributed by atoms with E-state index in [1.807, 2.05) is 11.3 Å². The van der Waals surface area contributed by atoms with E-state index >= 15 is 0 Å². The number of likely N-dealkylation sites (tertiary alicyclic amines) is 1. The Morgan fingerprint density at radius 3 is 3.00 bits per heavy atom. The number of nitrogens with zero attached hydrogens (tertiary/aromatic N) is 2. The van der Waals surface area contributed by atoms with Crippen LogP contribution in [0.3, 0.4) is 0 Å². The molecule has 0 bridgehead atoms. The fourth-order valence-corrected chi connectivity index (χ4v) is 3.58. The lowest BCUT2D eigenvalue weighted by Crippen LogP contribution is -2.41. The molecule has 0 unspecified atom stereocenters. The maximum Gasteiger partial charge on any atom is 0.0959 e. The summed E-state index contributed by atoms with van der Waals surface area (Å²) in [6.07, 6.45) is 6.31. The summed E-state index contributed by atoms with van der Waals surface area (Å²) in [7, 11) is 0. The third kappa shape index (κ3) is 2.69. The van der Waals surface area contributed by atoms with Crippen LogP contribution in [0, 0.1) is 0 Å². The summed E-state index contributed by atoms with van der Waals surface area (Å²) in [6, 6.07) is 0.356. The first-order chi connectivity index (χ1) is 8.36. The molecule has 1 aliphatic carbocycles. The van der Waals surface area contributed by atoms with Gasteiger partial charge in [-0.15, -0.1) is 11.3 Å². The van der Waals surface area contributed by atoms with Gasteiger partial charge in [0, 0.05) is 23.9 Å². The maximum absolute atomic E-state index is 9.38. The number of thiazole rings is 1.